The van der Waals surface area contributed by atoms with E-state index in [-0.39, 0.29) is 23.7 Å². The fraction of sp³-hybridized carbons (Fsp3) is 0.476. The topological polar surface area (TPSA) is 58.6 Å². The first kappa shape index (κ1) is 18.7. The maximum Gasteiger partial charge on any atom is 0.225 e. The maximum atomic E-state index is 13.0. The van der Waals surface area contributed by atoms with Gasteiger partial charge >= 0.3 is 0 Å². The molecule has 0 aliphatic carbocycles. The Labute approximate surface area is 164 Å². The van der Waals surface area contributed by atoms with E-state index < -0.39 is 0 Å². The Bertz CT molecular complexity index is 771. The van der Waals surface area contributed by atoms with Crippen molar-refractivity contribution in [1.82, 2.24) is 14.9 Å². The molecule has 7 heteroatoms. The molecular weight excluding hydrogens is 359 g/mol. The first-order valence-corrected chi connectivity index (χ1v) is 9.91. The molecule has 1 aromatic heterocycles. The smallest absolute Gasteiger partial charge is 0.225 e. The molecule has 6 nitrogen and oxygen atoms in total. The number of rotatable bonds is 4. The van der Waals surface area contributed by atoms with Crippen molar-refractivity contribution in [2.24, 2.45) is 5.92 Å². The highest BCUT2D eigenvalue weighted by molar-refractivity contribution is 5.79. The van der Waals surface area contributed by atoms with Crippen molar-refractivity contribution >= 4 is 11.7 Å². The van der Waals surface area contributed by atoms with Crippen molar-refractivity contribution in [3.63, 3.8) is 0 Å². The quantitative estimate of drug-likeness (QED) is 0.811. The normalized spacial score (nSPS) is 18.9. The van der Waals surface area contributed by atoms with Gasteiger partial charge in [0, 0.05) is 57.3 Å². The van der Waals surface area contributed by atoms with Crippen LogP contribution in [-0.2, 0) is 4.79 Å². The monoisotopic (exact) mass is 384 g/mol. The number of nitrogens with zero attached hydrogens (tertiary/aromatic N) is 4. The Morgan fingerprint density at radius 3 is 2.36 bits per heavy atom. The number of hydrogen-bond donors (Lipinski definition) is 0. The predicted molar refractivity (Wildman–Crippen MR) is 104 cm³/mol. The third kappa shape index (κ3) is 4.40. The largest absolute Gasteiger partial charge is 0.490 e. The zero-order valence-electron chi connectivity index (χ0n) is 15.8. The van der Waals surface area contributed by atoms with E-state index >= 15 is 0 Å². The molecule has 1 amide bonds. The molecule has 2 aromatic rings. The summed E-state index contributed by atoms with van der Waals surface area (Å²) >= 11 is 0. The highest BCUT2D eigenvalue weighted by Crippen LogP contribution is 2.25. The number of hydrogen-bond acceptors (Lipinski definition) is 5. The van der Waals surface area contributed by atoms with Crippen LogP contribution in [-0.4, -0.2) is 53.1 Å². The van der Waals surface area contributed by atoms with Crippen LogP contribution < -0.4 is 9.64 Å². The molecule has 0 spiro atoms. The van der Waals surface area contributed by atoms with Crippen molar-refractivity contribution in [3.8, 4) is 5.75 Å². The third-order valence-electron chi connectivity index (χ3n) is 5.59. The molecule has 2 fully saturated rings. The Morgan fingerprint density at radius 2 is 1.71 bits per heavy atom. The van der Waals surface area contributed by atoms with Crippen LogP contribution in [0.3, 0.4) is 0 Å². The lowest BCUT2D eigenvalue weighted by molar-refractivity contribution is -0.138. The molecule has 28 heavy (non-hydrogen) atoms. The second-order valence-electron chi connectivity index (χ2n) is 7.42. The first-order chi connectivity index (χ1) is 13.7. The average Bonchev–Trinajstić information content (AvgIpc) is 2.76. The lowest BCUT2D eigenvalue weighted by atomic mass is 9.94. The van der Waals surface area contributed by atoms with Gasteiger partial charge in [-0.3, -0.25) is 9.78 Å². The van der Waals surface area contributed by atoms with Gasteiger partial charge in [0.25, 0.3) is 0 Å². The van der Waals surface area contributed by atoms with E-state index in [9.17, 15) is 9.18 Å². The number of halogens is 1. The molecular formula is C21H25FN4O2. The third-order valence-corrected chi connectivity index (χ3v) is 5.59. The maximum absolute atomic E-state index is 13.0. The first-order valence-electron chi connectivity index (χ1n) is 9.91. The summed E-state index contributed by atoms with van der Waals surface area (Å²) in [5, 5.41) is 0. The molecule has 0 N–H and O–H groups in total. The standard InChI is InChI=1S/C21H25FN4O2/c22-17-1-3-18(4-2-17)28-19-7-13-26(14-8-19)21(27)16-5-11-25(12-6-16)20-15-23-9-10-24-20/h1-4,9-10,15-16,19H,5-8,11-14H2. The zero-order chi connectivity index (χ0) is 19.3. The summed E-state index contributed by atoms with van der Waals surface area (Å²) in [6, 6.07) is 6.11. The molecule has 0 bridgehead atoms. The minimum atomic E-state index is -0.266. The molecule has 0 unspecified atom stereocenters. The number of carbonyl (C=O) groups excluding carboxylic acids is 1. The Morgan fingerprint density at radius 1 is 1.00 bits per heavy atom. The predicted octanol–water partition coefficient (Wildman–Crippen LogP) is 2.90. The van der Waals surface area contributed by atoms with Crippen LogP contribution >= 0.6 is 0 Å². The van der Waals surface area contributed by atoms with Gasteiger partial charge in [-0.05, 0) is 37.1 Å². The number of carbonyl (C=O) groups is 1. The zero-order valence-corrected chi connectivity index (χ0v) is 15.8. The number of piperidine rings is 2. The Kier molecular flexibility index (Phi) is 5.69. The van der Waals surface area contributed by atoms with Crippen molar-refractivity contribution in [2.45, 2.75) is 31.8 Å². The van der Waals surface area contributed by atoms with Gasteiger partial charge in [-0.1, -0.05) is 0 Å². The van der Waals surface area contributed by atoms with Crippen molar-refractivity contribution in [1.29, 1.82) is 0 Å². The van der Waals surface area contributed by atoms with E-state index in [1.165, 1.54) is 12.1 Å². The van der Waals surface area contributed by atoms with Gasteiger partial charge in [0.05, 0.1) is 6.20 Å². The number of anilines is 1. The van der Waals surface area contributed by atoms with Gasteiger partial charge in [0.2, 0.25) is 5.91 Å². The van der Waals surface area contributed by atoms with Gasteiger partial charge in [0.15, 0.2) is 0 Å². The average molecular weight is 384 g/mol. The van der Waals surface area contributed by atoms with Gasteiger partial charge < -0.3 is 14.5 Å². The summed E-state index contributed by atoms with van der Waals surface area (Å²) in [4.78, 5) is 25.5. The summed E-state index contributed by atoms with van der Waals surface area (Å²) in [6.45, 7) is 3.10. The molecule has 0 saturated carbocycles. The van der Waals surface area contributed by atoms with Crippen molar-refractivity contribution in [2.75, 3.05) is 31.1 Å². The van der Waals surface area contributed by atoms with Crippen LogP contribution in [0, 0.1) is 11.7 Å². The Hall–Kier alpha value is -2.70. The van der Waals surface area contributed by atoms with Crippen LogP contribution in [0.25, 0.3) is 0 Å². The fourth-order valence-corrected chi connectivity index (χ4v) is 3.97. The molecule has 2 saturated heterocycles. The van der Waals surface area contributed by atoms with Gasteiger partial charge in [0.1, 0.15) is 23.5 Å². The minimum absolute atomic E-state index is 0.0769. The van der Waals surface area contributed by atoms with Crippen molar-refractivity contribution < 1.29 is 13.9 Å². The molecule has 4 rings (SSSR count). The van der Waals surface area contributed by atoms with E-state index in [2.05, 4.69) is 14.9 Å². The van der Waals surface area contributed by atoms with Crippen molar-refractivity contribution in [3.05, 3.63) is 48.7 Å². The highest BCUT2D eigenvalue weighted by Gasteiger charge is 2.31. The molecule has 2 aliphatic rings. The number of aromatic nitrogens is 2. The number of likely N-dealkylation sites (tertiary alicyclic amines) is 1. The number of benzene rings is 1. The second-order valence-corrected chi connectivity index (χ2v) is 7.42. The van der Waals surface area contributed by atoms with Crippen LogP contribution in [0.5, 0.6) is 5.75 Å². The van der Waals surface area contributed by atoms with E-state index in [1.54, 1.807) is 30.7 Å². The Balaban J connectivity index is 1.24. The van der Waals surface area contributed by atoms with E-state index in [0.717, 1.165) is 57.7 Å². The lowest BCUT2D eigenvalue weighted by Crippen LogP contribution is -2.47. The van der Waals surface area contributed by atoms with Crippen LogP contribution in [0.4, 0.5) is 10.2 Å². The summed E-state index contributed by atoms with van der Waals surface area (Å²) in [6.07, 6.45) is 8.53. The fourth-order valence-electron chi connectivity index (χ4n) is 3.97. The summed E-state index contributed by atoms with van der Waals surface area (Å²) in [5.74, 6) is 1.65. The second kappa shape index (κ2) is 8.54. The number of ether oxygens (including phenoxy) is 1. The van der Waals surface area contributed by atoms with E-state index in [0.29, 0.717) is 5.75 Å². The van der Waals surface area contributed by atoms with Crippen LogP contribution in [0.1, 0.15) is 25.7 Å². The van der Waals surface area contributed by atoms with E-state index in [1.807, 2.05) is 4.90 Å². The van der Waals surface area contributed by atoms with E-state index in [4.69, 9.17) is 4.74 Å². The SMILES string of the molecule is O=C(C1CCN(c2cnccn2)CC1)N1CCC(Oc2ccc(F)cc2)CC1. The van der Waals surface area contributed by atoms with Gasteiger partial charge in [-0.2, -0.15) is 0 Å². The molecule has 0 atom stereocenters. The van der Waals surface area contributed by atoms with Gasteiger partial charge in [-0.25, -0.2) is 9.37 Å². The molecule has 1 aromatic carbocycles. The highest BCUT2D eigenvalue weighted by atomic mass is 19.1. The van der Waals surface area contributed by atoms with Gasteiger partial charge in [-0.15, -0.1) is 0 Å². The lowest BCUT2D eigenvalue weighted by Gasteiger charge is -2.37. The molecule has 3 heterocycles. The number of amides is 1. The summed E-state index contributed by atoms with van der Waals surface area (Å²) in [5.41, 5.74) is 0. The summed E-state index contributed by atoms with van der Waals surface area (Å²) in [7, 11) is 0. The molecule has 2 aliphatic heterocycles. The van der Waals surface area contributed by atoms with Crippen LogP contribution in [0.15, 0.2) is 42.9 Å². The molecule has 148 valence electrons. The molecule has 0 radical (unpaired) electrons. The van der Waals surface area contributed by atoms with Crippen LogP contribution in [0.2, 0.25) is 0 Å². The minimum Gasteiger partial charge on any atom is -0.490 e. The summed E-state index contributed by atoms with van der Waals surface area (Å²) < 4.78 is 18.9.